The maximum Gasteiger partial charge on any atom is 0.222 e. The summed E-state index contributed by atoms with van der Waals surface area (Å²) in [6.07, 6.45) is 7.74. The molecule has 4 rings (SSSR count). The summed E-state index contributed by atoms with van der Waals surface area (Å²) in [5, 5.41) is 7.60. The fourth-order valence-corrected chi connectivity index (χ4v) is 3.74. The number of likely N-dealkylation sites (N-methyl/N-ethyl adjacent to an activating group) is 1. The minimum atomic E-state index is 0.169. The summed E-state index contributed by atoms with van der Waals surface area (Å²) in [5.74, 6) is 0.169. The molecule has 6 heteroatoms. The van der Waals surface area contributed by atoms with E-state index in [9.17, 15) is 4.79 Å². The van der Waals surface area contributed by atoms with Crippen molar-refractivity contribution in [3.8, 4) is 0 Å². The predicted molar refractivity (Wildman–Crippen MR) is 101 cm³/mol. The van der Waals surface area contributed by atoms with E-state index < -0.39 is 0 Å². The van der Waals surface area contributed by atoms with E-state index in [1.807, 2.05) is 36.5 Å². The maximum atomic E-state index is 12.5. The second kappa shape index (κ2) is 7.32. The summed E-state index contributed by atoms with van der Waals surface area (Å²) in [4.78, 5) is 18.7. The Balaban J connectivity index is 1.31. The first kappa shape index (κ1) is 16.8. The van der Waals surface area contributed by atoms with Gasteiger partial charge in [0.2, 0.25) is 5.91 Å². The summed E-state index contributed by atoms with van der Waals surface area (Å²) in [6, 6.07) is 8.07. The number of nitrogens with one attached hydrogen (secondary N) is 1. The fourth-order valence-electron chi connectivity index (χ4n) is 3.74. The number of amides is 1. The summed E-state index contributed by atoms with van der Waals surface area (Å²) in [7, 11) is 1.88. The molecule has 6 nitrogen and oxygen atoms in total. The normalized spacial score (nSPS) is 13.7. The zero-order chi connectivity index (χ0) is 17.9. The van der Waals surface area contributed by atoms with E-state index in [4.69, 9.17) is 0 Å². The van der Waals surface area contributed by atoms with Crippen molar-refractivity contribution < 1.29 is 4.79 Å². The molecular formula is C20H25N5O. The van der Waals surface area contributed by atoms with E-state index >= 15 is 0 Å². The minimum absolute atomic E-state index is 0.169. The predicted octanol–water partition coefficient (Wildman–Crippen LogP) is 2.73. The highest BCUT2D eigenvalue weighted by Crippen LogP contribution is 2.23. The number of carbonyl (C=O) groups excluding carboxylic acids is 1. The number of fused-ring (bicyclic) bond motifs is 2. The van der Waals surface area contributed by atoms with Gasteiger partial charge in [-0.2, -0.15) is 5.10 Å². The van der Waals surface area contributed by atoms with Gasteiger partial charge in [0.1, 0.15) is 0 Å². The van der Waals surface area contributed by atoms with Crippen molar-refractivity contribution in [2.45, 2.75) is 45.1 Å². The summed E-state index contributed by atoms with van der Waals surface area (Å²) in [5.41, 5.74) is 5.82. The highest BCUT2D eigenvalue weighted by Gasteiger charge is 2.18. The molecule has 0 radical (unpaired) electrons. The number of rotatable bonds is 6. The van der Waals surface area contributed by atoms with Crippen molar-refractivity contribution in [2.75, 3.05) is 13.6 Å². The van der Waals surface area contributed by atoms with Gasteiger partial charge in [0, 0.05) is 38.7 Å². The van der Waals surface area contributed by atoms with E-state index in [0.717, 1.165) is 42.5 Å². The second-order valence-corrected chi connectivity index (χ2v) is 7.08. The van der Waals surface area contributed by atoms with Crippen molar-refractivity contribution in [1.82, 2.24) is 24.6 Å². The first-order chi connectivity index (χ1) is 12.7. The number of benzene rings is 1. The van der Waals surface area contributed by atoms with Crippen LogP contribution in [0.5, 0.6) is 0 Å². The largest absolute Gasteiger partial charge is 0.344 e. The topological polar surface area (TPSA) is 66.8 Å². The molecule has 3 aromatic rings. The molecule has 1 N–H and O–H groups in total. The number of imidazole rings is 1. The Morgan fingerprint density at radius 1 is 1.27 bits per heavy atom. The molecule has 0 atom stereocenters. The Hall–Kier alpha value is -2.63. The molecule has 0 aliphatic heterocycles. The smallest absolute Gasteiger partial charge is 0.222 e. The Labute approximate surface area is 153 Å². The number of hydrogen-bond donors (Lipinski definition) is 1. The van der Waals surface area contributed by atoms with Gasteiger partial charge in [0.15, 0.2) is 0 Å². The molecule has 2 heterocycles. The van der Waals surface area contributed by atoms with Gasteiger partial charge in [-0.05, 0) is 43.4 Å². The number of aryl methyl sites for hydroxylation is 2. The van der Waals surface area contributed by atoms with Crippen LogP contribution in [0.25, 0.3) is 11.0 Å². The van der Waals surface area contributed by atoms with Crippen molar-refractivity contribution >= 4 is 16.9 Å². The molecule has 0 spiro atoms. The van der Waals surface area contributed by atoms with Crippen LogP contribution >= 0.6 is 0 Å². The van der Waals surface area contributed by atoms with Gasteiger partial charge in [-0.25, -0.2) is 4.98 Å². The van der Waals surface area contributed by atoms with Crippen LogP contribution in [0.1, 0.15) is 36.2 Å². The molecule has 0 bridgehead atoms. The Morgan fingerprint density at radius 3 is 3.04 bits per heavy atom. The Kier molecular flexibility index (Phi) is 4.73. The molecule has 2 aromatic heterocycles. The summed E-state index contributed by atoms with van der Waals surface area (Å²) in [6.45, 7) is 1.43. The van der Waals surface area contributed by atoms with Crippen LogP contribution in [0.15, 0.2) is 30.6 Å². The first-order valence-corrected chi connectivity index (χ1v) is 9.41. The van der Waals surface area contributed by atoms with Crippen molar-refractivity contribution in [3.63, 3.8) is 0 Å². The van der Waals surface area contributed by atoms with E-state index in [-0.39, 0.29) is 5.91 Å². The van der Waals surface area contributed by atoms with Gasteiger partial charge in [-0.15, -0.1) is 0 Å². The third-order valence-electron chi connectivity index (χ3n) is 5.35. The lowest BCUT2D eigenvalue weighted by Gasteiger charge is -2.18. The molecular weight excluding hydrogens is 326 g/mol. The standard InChI is InChI=1S/C20H25N5O/c1-24(12-13-25-14-21-18-8-4-5-9-19(18)25)20(26)11-10-17-15-6-2-3-7-16(15)22-23-17/h4-5,8-9,14H,2-3,6-7,10-13H2,1H3,(H,22,23). The van der Waals surface area contributed by atoms with Gasteiger partial charge < -0.3 is 9.47 Å². The lowest BCUT2D eigenvalue weighted by Crippen LogP contribution is -2.30. The molecule has 26 heavy (non-hydrogen) atoms. The van der Waals surface area contributed by atoms with Crippen LogP contribution in [-0.2, 0) is 30.6 Å². The van der Waals surface area contributed by atoms with Crippen molar-refractivity contribution in [2.24, 2.45) is 0 Å². The second-order valence-electron chi connectivity index (χ2n) is 7.08. The molecule has 136 valence electrons. The number of para-hydroxylation sites is 2. The van der Waals surface area contributed by atoms with Crippen LogP contribution in [0, 0.1) is 0 Å². The lowest BCUT2D eigenvalue weighted by atomic mass is 9.94. The zero-order valence-corrected chi connectivity index (χ0v) is 15.2. The molecule has 1 aliphatic rings. The van der Waals surface area contributed by atoms with E-state index in [0.29, 0.717) is 13.0 Å². The fraction of sp³-hybridized carbons (Fsp3) is 0.450. The van der Waals surface area contributed by atoms with Crippen LogP contribution in [0.2, 0.25) is 0 Å². The summed E-state index contributed by atoms with van der Waals surface area (Å²) >= 11 is 0. The monoisotopic (exact) mass is 351 g/mol. The molecule has 1 aliphatic carbocycles. The summed E-state index contributed by atoms with van der Waals surface area (Å²) < 4.78 is 2.10. The van der Waals surface area contributed by atoms with Gasteiger partial charge in [-0.1, -0.05) is 12.1 Å². The molecule has 0 unspecified atom stereocenters. The highest BCUT2D eigenvalue weighted by atomic mass is 16.2. The number of nitrogens with zero attached hydrogens (tertiary/aromatic N) is 4. The SMILES string of the molecule is CN(CCn1cnc2ccccc21)C(=O)CCc1n[nH]c2c1CCCC2. The molecule has 1 aromatic carbocycles. The van der Waals surface area contributed by atoms with E-state index in [2.05, 4.69) is 25.8 Å². The minimum Gasteiger partial charge on any atom is -0.344 e. The molecule has 1 amide bonds. The van der Waals surface area contributed by atoms with Crippen molar-refractivity contribution in [3.05, 3.63) is 47.5 Å². The van der Waals surface area contributed by atoms with Gasteiger partial charge in [0.05, 0.1) is 23.1 Å². The van der Waals surface area contributed by atoms with Gasteiger partial charge in [-0.3, -0.25) is 9.89 Å². The van der Waals surface area contributed by atoms with E-state index in [1.165, 1.54) is 24.1 Å². The maximum absolute atomic E-state index is 12.5. The average Bonchev–Trinajstić information content (AvgIpc) is 3.28. The van der Waals surface area contributed by atoms with E-state index in [1.54, 1.807) is 0 Å². The van der Waals surface area contributed by atoms with Gasteiger partial charge >= 0.3 is 0 Å². The van der Waals surface area contributed by atoms with Crippen LogP contribution in [0.3, 0.4) is 0 Å². The first-order valence-electron chi connectivity index (χ1n) is 9.41. The zero-order valence-electron chi connectivity index (χ0n) is 15.2. The quantitative estimate of drug-likeness (QED) is 0.742. The van der Waals surface area contributed by atoms with Gasteiger partial charge in [0.25, 0.3) is 0 Å². The highest BCUT2D eigenvalue weighted by molar-refractivity contribution is 5.76. The third kappa shape index (κ3) is 3.36. The van der Waals surface area contributed by atoms with Crippen LogP contribution in [-0.4, -0.2) is 44.1 Å². The molecule has 0 fully saturated rings. The van der Waals surface area contributed by atoms with Crippen LogP contribution < -0.4 is 0 Å². The van der Waals surface area contributed by atoms with Crippen LogP contribution in [0.4, 0.5) is 0 Å². The number of H-pyrrole nitrogens is 1. The van der Waals surface area contributed by atoms with Crippen molar-refractivity contribution in [1.29, 1.82) is 0 Å². The third-order valence-corrected chi connectivity index (χ3v) is 5.35. The Morgan fingerprint density at radius 2 is 2.12 bits per heavy atom. The molecule has 0 saturated carbocycles. The number of aromatic nitrogens is 4. The number of aromatic amines is 1. The lowest BCUT2D eigenvalue weighted by molar-refractivity contribution is -0.130. The number of hydrogen-bond acceptors (Lipinski definition) is 3. The molecule has 0 saturated heterocycles. The average molecular weight is 351 g/mol. The number of carbonyl (C=O) groups is 1. The Bertz CT molecular complexity index is 910.